The topological polar surface area (TPSA) is 23.6 Å². The summed E-state index contributed by atoms with van der Waals surface area (Å²) in [7, 11) is 5.85. The van der Waals surface area contributed by atoms with E-state index in [4.69, 9.17) is 0 Å². The van der Waals surface area contributed by atoms with Gasteiger partial charge in [-0.1, -0.05) is 18.9 Å². The molecule has 1 aliphatic carbocycles. The first kappa shape index (κ1) is 19.8. The molecule has 0 heterocycles. The number of likely N-dealkylation sites (N-methyl/N-ethyl adjacent to an activating group) is 2. The lowest BCUT2D eigenvalue weighted by molar-refractivity contribution is -0.133. The molecule has 1 aliphatic rings. The standard InChI is InChI=1S/C17H24F2N2O.ClH/c1-20(2)15-6-4-5-7-16(15)21(3)17(22)10-12-8-9-13(18)11-14(12)19;/h8-9,11,15-16H,4-7,10H2,1-3H3;1H/t15-,16-;/m1./s1. The lowest BCUT2D eigenvalue weighted by Crippen LogP contribution is -2.52. The van der Waals surface area contributed by atoms with Gasteiger partial charge in [-0.2, -0.15) is 0 Å². The molecule has 1 aromatic carbocycles. The zero-order valence-electron chi connectivity index (χ0n) is 13.9. The first-order valence-electron chi connectivity index (χ1n) is 7.76. The van der Waals surface area contributed by atoms with Crippen LogP contribution < -0.4 is 0 Å². The third-order valence-electron chi connectivity index (χ3n) is 4.60. The summed E-state index contributed by atoms with van der Waals surface area (Å²) in [6, 6.07) is 3.85. The van der Waals surface area contributed by atoms with Crippen LogP contribution in [0.15, 0.2) is 18.2 Å². The van der Waals surface area contributed by atoms with Crippen molar-refractivity contribution in [3.05, 3.63) is 35.4 Å². The largest absolute Gasteiger partial charge is 0.341 e. The van der Waals surface area contributed by atoms with Crippen molar-refractivity contribution in [1.29, 1.82) is 0 Å². The van der Waals surface area contributed by atoms with Crippen molar-refractivity contribution in [3.8, 4) is 0 Å². The Bertz CT molecular complexity index is 539. The molecule has 1 saturated carbocycles. The van der Waals surface area contributed by atoms with Gasteiger partial charge in [0.25, 0.3) is 0 Å². The van der Waals surface area contributed by atoms with Crippen LogP contribution in [0, 0.1) is 11.6 Å². The Morgan fingerprint density at radius 2 is 1.74 bits per heavy atom. The number of benzene rings is 1. The molecule has 1 aromatic rings. The molecule has 2 atom stereocenters. The highest BCUT2D eigenvalue weighted by Crippen LogP contribution is 2.26. The summed E-state index contributed by atoms with van der Waals surface area (Å²) in [6.45, 7) is 0. The highest BCUT2D eigenvalue weighted by atomic mass is 35.5. The minimum absolute atomic E-state index is 0. The third-order valence-corrected chi connectivity index (χ3v) is 4.60. The monoisotopic (exact) mass is 346 g/mol. The van der Waals surface area contributed by atoms with Crippen LogP contribution in [-0.4, -0.2) is 48.9 Å². The van der Waals surface area contributed by atoms with Crippen molar-refractivity contribution < 1.29 is 13.6 Å². The molecule has 0 spiro atoms. The second-order valence-electron chi connectivity index (χ2n) is 6.30. The Morgan fingerprint density at radius 3 is 2.30 bits per heavy atom. The first-order valence-corrected chi connectivity index (χ1v) is 7.76. The van der Waals surface area contributed by atoms with E-state index in [1.54, 1.807) is 11.9 Å². The van der Waals surface area contributed by atoms with Gasteiger partial charge in [-0.15, -0.1) is 12.4 Å². The Hall–Kier alpha value is -1.20. The average molecular weight is 347 g/mol. The molecule has 2 rings (SSSR count). The third kappa shape index (κ3) is 4.88. The first-order chi connectivity index (χ1) is 10.4. The fourth-order valence-corrected chi connectivity index (χ4v) is 3.28. The minimum atomic E-state index is -0.658. The number of rotatable bonds is 4. The molecule has 0 N–H and O–H groups in total. The number of hydrogen-bond acceptors (Lipinski definition) is 2. The van der Waals surface area contributed by atoms with Gasteiger partial charge in [0.1, 0.15) is 11.6 Å². The zero-order chi connectivity index (χ0) is 16.3. The Balaban J connectivity index is 0.00000264. The summed E-state index contributed by atoms with van der Waals surface area (Å²) < 4.78 is 26.6. The van der Waals surface area contributed by atoms with E-state index < -0.39 is 11.6 Å². The van der Waals surface area contributed by atoms with Gasteiger partial charge in [-0.05, 0) is 38.6 Å². The molecule has 0 aliphatic heterocycles. The quantitative estimate of drug-likeness (QED) is 0.835. The molecule has 23 heavy (non-hydrogen) atoms. The highest BCUT2D eigenvalue weighted by molar-refractivity contribution is 5.85. The maximum Gasteiger partial charge on any atom is 0.227 e. The summed E-state index contributed by atoms with van der Waals surface area (Å²) >= 11 is 0. The van der Waals surface area contributed by atoms with Crippen molar-refractivity contribution in [2.24, 2.45) is 0 Å². The predicted octanol–water partition coefficient (Wildman–Crippen LogP) is 3.26. The maximum atomic E-state index is 13.7. The molecule has 0 bridgehead atoms. The van der Waals surface area contributed by atoms with Crippen molar-refractivity contribution in [1.82, 2.24) is 9.80 Å². The molecule has 1 fully saturated rings. The lowest BCUT2D eigenvalue weighted by Gasteiger charge is -2.41. The number of amides is 1. The minimum Gasteiger partial charge on any atom is -0.341 e. The normalized spacial score (nSPS) is 21.0. The predicted molar refractivity (Wildman–Crippen MR) is 89.8 cm³/mol. The molecule has 3 nitrogen and oxygen atoms in total. The van der Waals surface area contributed by atoms with Crippen molar-refractivity contribution in [3.63, 3.8) is 0 Å². The van der Waals surface area contributed by atoms with E-state index in [-0.39, 0.29) is 36.3 Å². The SMILES string of the molecule is CN(C)[C@@H]1CCCC[C@H]1N(C)C(=O)Cc1ccc(F)cc1F.Cl. The number of nitrogens with zero attached hydrogens (tertiary/aromatic N) is 2. The van der Waals surface area contributed by atoms with Crippen LogP contribution in [0.4, 0.5) is 8.78 Å². The smallest absolute Gasteiger partial charge is 0.227 e. The van der Waals surface area contributed by atoms with Crippen LogP contribution >= 0.6 is 12.4 Å². The molecule has 6 heteroatoms. The van der Waals surface area contributed by atoms with Gasteiger partial charge in [0.05, 0.1) is 6.42 Å². The average Bonchev–Trinajstić information content (AvgIpc) is 2.49. The van der Waals surface area contributed by atoms with Crippen molar-refractivity contribution >= 4 is 18.3 Å². The van der Waals surface area contributed by atoms with Crippen LogP contribution in [0.3, 0.4) is 0 Å². The second kappa shape index (κ2) is 8.60. The molecule has 0 radical (unpaired) electrons. The van der Waals surface area contributed by atoms with Gasteiger partial charge in [-0.3, -0.25) is 4.79 Å². The second-order valence-corrected chi connectivity index (χ2v) is 6.30. The Kier molecular flexibility index (Phi) is 7.42. The number of hydrogen-bond donors (Lipinski definition) is 0. The van der Waals surface area contributed by atoms with E-state index in [0.29, 0.717) is 6.04 Å². The zero-order valence-corrected chi connectivity index (χ0v) is 14.7. The molecular weight excluding hydrogens is 322 g/mol. The highest BCUT2D eigenvalue weighted by Gasteiger charge is 2.32. The van der Waals surface area contributed by atoms with Gasteiger partial charge in [0, 0.05) is 25.2 Å². The van der Waals surface area contributed by atoms with Crippen LogP contribution in [0.25, 0.3) is 0 Å². The van der Waals surface area contributed by atoms with E-state index in [0.717, 1.165) is 25.3 Å². The van der Waals surface area contributed by atoms with Gasteiger partial charge in [-0.25, -0.2) is 8.78 Å². The summed E-state index contributed by atoms with van der Waals surface area (Å²) in [5.74, 6) is -1.40. The Morgan fingerprint density at radius 1 is 1.13 bits per heavy atom. The van der Waals surface area contributed by atoms with Crippen LogP contribution in [0.5, 0.6) is 0 Å². The van der Waals surface area contributed by atoms with Gasteiger partial charge < -0.3 is 9.80 Å². The van der Waals surface area contributed by atoms with Crippen LogP contribution in [0.2, 0.25) is 0 Å². The fourth-order valence-electron chi connectivity index (χ4n) is 3.28. The van der Waals surface area contributed by atoms with E-state index in [1.807, 2.05) is 14.1 Å². The van der Waals surface area contributed by atoms with E-state index in [9.17, 15) is 13.6 Å². The van der Waals surface area contributed by atoms with Crippen molar-refractivity contribution in [2.75, 3.05) is 21.1 Å². The number of halogens is 3. The molecule has 0 saturated heterocycles. The fraction of sp³-hybridized carbons (Fsp3) is 0.588. The molecular formula is C17H25ClF2N2O. The van der Waals surface area contributed by atoms with Crippen LogP contribution in [0.1, 0.15) is 31.2 Å². The summed E-state index contributed by atoms with van der Waals surface area (Å²) in [5, 5.41) is 0. The van der Waals surface area contributed by atoms with E-state index >= 15 is 0 Å². The van der Waals surface area contributed by atoms with Gasteiger partial charge in [0.2, 0.25) is 5.91 Å². The molecule has 0 aromatic heterocycles. The van der Waals surface area contributed by atoms with E-state index in [1.165, 1.54) is 18.6 Å². The molecule has 1 amide bonds. The lowest BCUT2D eigenvalue weighted by atomic mass is 9.88. The van der Waals surface area contributed by atoms with E-state index in [2.05, 4.69) is 4.90 Å². The Labute approximate surface area is 143 Å². The maximum absolute atomic E-state index is 13.7. The summed E-state index contributed by atoms with van der Waals surface area (Å²) in [5.41, 5.74) is 0.246. The molecule has 0 unspecified atom stereocenters. The van der Waals surface area contributed by atoms with Gasteiger partial charge >= 0.3 is 0 Å². The van der Waals surface area contributed by atoms with Crippen LogP contribution in [-0.2, 0) is 11.2 Å². The summed E-state index contributed by atoms with van der Waals surface area (Å²) in [4.78, 5) is 16.4. The summed E-state index contributed by atoms with van der Waals surface area (Å²) in [6.07, 6.45) is 4.29. The van der Waals surface area contributed by atoms with Gasteiger partial charge in [0.15, 0.2) is 0 Å². The van der Waals surface area contributed by atoms with Crippen molar-refractivity contribution in [2.45, 2.75) is 44.2 Å². The number of carbonyl (C=O) groups is 1. The number of carbonyl (C=O) groups excluding carboxylic acids is 1. The molecule has 130 valence electrons.